The quantitative estimate of drug-likeness (QED) is 0.852. The van der Waals surface area contributed by atoms with Crippen LogP contribution in [-0.4, -0.2) is 35.5 Å². The second-order valence-corrected chi connectivity index (χ2v) is 6.58. The number of aryl methyl sites for hydroxylation is 1. The van der Waals surface area contributed by atoms with Crippen molar-refractivity contribution in [3.63, 3.8) is 0 Å². The summed E-state index contributed by atoms with van der Waals surface area (Å²) < 4.78 is 24.9. The number of hydrogen-bond donors (Lipinski definition) is 1. The third-order valence-corrected chi connectivity index (χ3v) is 4.39. The topological polar surface area (TPSA) is 83.1 Å². The van der Waals surface area contributed by atoms with Crippen molar-refractivity contribution in [1.82, 2.24) is 14.3 Å². The standard InChI is InChI=1S/C11H17N3O3S/c1-8-12-9(7-11(15)13-8)10-5-3-4-6-14(10)18(2,16)17/h7,10H,3-6H2,1-2H3,(H,12,13,15)/t10-/m0/s1. The lowest BCUT2D eigenvalue weighted by atomic mass is 10.0. The lowest BCUT2D eigenvalue weighted by Crippen LogP contribution is -2.38. The van der Waals surface area contributed by atoms with Crippen molar-refractivity contribution in [2.24, 2.45) is 0 Å². The minimum atomic E-state index is -3.27. The summed E-state index contributed by atoms with van der Waals surface area (Å²) in [5.74, 6) is 0.511. The number of hydrogen-bond acceptors (Lipinski definition) is 4. The molecule has 1 aromatic heterocycles. The van der Waals surface area contributed by atoms with Gasteiger partial charge in [0.2, 0.25) is 10.0 Å². The van der Waals surface area contributed by atoms with Gasteiger partial charge in [-0.25, -0.2) is 13.4 Å². The zero-order valence-corrected chi connectivity index (χ0v) is 11.3. The molecular formula is C11H17N3O3S. The number of nitrogens with zero attached hydrogens (tertiary/aromatic N) is 2. The molecule has 1 saturated heterocycles. The molecule has 0 spiro atoms. The number of piperidine rings is 1. The molecule has 2 rings (SSSR count). The minimum absolute atomic E-state index is 0.239. The summed E-state index contributed by atoms with van der Waals surface area (Å²) in [5, 5.41) is 0. The molecule has 1 N–H and O–H groups in total. The predicted molar refractivity (Wildman–Crippen MR) is 67.7 cm³/mol. The van der Waals surface area contributed by atoms with Crippen molar-refractivity contribution in [2.75, 3.05) is 12.8 Å². The Bertz CT molecular complexity index is 594. The molecule has 1 aromatic rings. The van der Waals surface area contributed by atoms with Crippen molar-refractivity contribution in [3.8, 4) is 0 Å². The van der Waals surface area contributed by atoms with Crippen LogP contribution >= 0.6 is 0 Å². The highest BCUT2D eigenvalue weighted by atomic mass is 32.2. The molecule has 0 saturated carbocycles. The molecule has 1 atom stereocenters. The molecule has 100 valence electrons. The highest BCUT2D eigenvalue weighted by Crippen LogP contribution is 2.30. The normalized spacial score (nSPS) is 22.0. The average molecular weight is 271 g/mol. The van der Waals surface area contributed by atoms with E-state index in [4.69, 9.17) is 0 Å². The Hall–Kier alpha value is -1.21. The summed E-state index contributed by atoms with van der Waals surface area (Å²) >= 11 is 0. The van der Waals surface area contributed by atoms with Crippen molar-refractivity contribution < 1.29 is 8.42 Å². The van der Waals surface area contributed by atoms with Crippen LogP contribution < -0.4 is 5.56 Å². The summed E-state index contributed by atoms with van der Waals surface area (Å²) in [6, 6.07) is 1.08. The van der Waals surface area contributed by atoms with E-state index >= 15 is 0 Å². The fourth-order valence-electron chi connectivity index (χ4n) is 2.37. The molecule has 7 heteroatoms. The molecule has 0 unspecified atom stereocenters. The zero-order valence-electron chi connectivity index (χ0n) is 10.5. The second-order valence-electron chi connectivity index (χ2n) is 4.64. The van der Waals surface area contributed by atoms with E-state index in [1.807, 2.05) is 0 Å². The van der Waals surface area contributed by atoms with Gasteiger partial charge < -0.3 is 4.98 Å². The summed E-state index contributed by atoms with van der Waals surface area (Å²) in [4.78, 5) is 18.3. The van der Waals surface area contributed by atoms with Gasteiger partial charge in [0, 0.05) is 12.6 Å². The maximum absolute atomic E-state index is 11.8. The second kappa shape index (κ2) is 4.81. The first kappa shape index (κ1) is 13.2. The Balaban J connectivity index is 2.43. The molecule has 1 aliphatic heterocycles. The zero-order chi connectivity index (χ0) is 13.3. The van der Waals surface area contributed by atoms with Gasteiger partial charge in [0.1, 0.15) is 5.82 Å². The molecule has 6 nitrogen and oxygen atoms in total. The van der Waals surface area contributed by atoms with E-state index in [1.54, 1.807) is 6.92 Å². The van der Waals surface area contributed by atoms with Crippen molar-refractivity contribution in [2.45, 2.75) is 32.2 Å². The molecule has 2 heterocycles. The average Bonchev–Trinajstić information content (AvgIpc) is 2.26. The van der Waals surface area contributed by atoms with E-state index in [0.29, 0.717) is 24.5 Å². The van der Waals surface area contributed by atoms with Gasteiger partial charge in [-0.05, 0) is 19.8 Å². The molecule has 0 radical (unpaired) electrons. The van der Waals surface area contributed by atoms with Gasteiger partial charge in [-0.15, -0.1) is 0 Å². The Kier molecular flexibility index (Phi) is 3.54. The third kappa shape index (κ3) is 2.78. The van der Waals surface area contributed by atoms with E-state index in [2.05, 4.69) is 9.97 Å². The molecule has 1 fully saturated rings. The van der Waals surface area contributed by atoms with Crippen LogP contribution in [0.3, 0.4) is 0 Å². The van der Waals surface area contributed by atoms with Crippen LogP contribution in [-0.2, 0) is 10.0 Å². The van der Waals surface area contributed by atoms with Crippen LogP contribution in [0.2, 0.25) is 0 Å². The van der Waals surface area contributed by atoms with E-state index in [9.17, 15) is 13.2 Å². The summed E-state index contributed by atoms with van der Waals surface area (Å²) in [6.45, 7) is 2.19. The lowest BCUT2D eigenvalue weighted by molar-refractivity contribution is 0.252. The Morgan fingerprint density at radius 1 is 1.44 bits per heavy atom. The van der Waals surface area contributed by atoms with Crippen molar-refractivity contribution in [1.29, 1.82) is 0 Å². The highest BCUT2D eigenvalue weighted by Gasteiger charge is 2.31. The van der Waals surface area contributed by atoms with Gasteiger partial charge in [-0.1, -0.05) is 6.42 Å². The van der Waals surface area contributed by atoms with E-state index in [1.165, 1.54) is 16.6 Å². The lowest BCUT2D eigenvalue weighted by Gasteiger charge is -2.33. The fourth-order valence-corrected chi connectivity index (χ4v) is 3.51. The SMILES string of the molecule is Cc1nc([C@@H]2CCCCN2S(C)(=O)=O)cc(=O)[nH]1. The molecule has 0 aromatic carbocycles. The first-order chi connectivity index (χ1) is 8.38. The van der Waals surface area contributed by atoms with Crippen molar-refractivity contribution in [3.05, 3.63) is 27.9 Å². The van der Waals surface area contributed by atoms with E-state index in [-0.39, 0.29) is 11.6 Å². The number of rotatable bonds is 2. The van der Waals surface area contributed by atoms with Crippen LogP contribution in [0.15, 0.2) is 10.9 Å². The number of nitrogens with one attached hydrogen (secondary N) is 1. The van der Waals surface area contributed by atoms with E-state index in [0.717, 1.165) is 12.8 Å². The molecule has 0 amide bonds. The maximum atomic E-state index is 11.8. The molecule has 18 heavy (non-hydrogen) atoms. The Labute approximate surface area is 106 Å². The molecule has 0 aliphatic carbocycles. The van der Waals surface area contributed by atoms with Gasteiger partial charge in [-0.3, -0.25) is 4.79 Å². The highest BCUT2D eigenvalue weighted by molar-refractivity contribution is 7.88. The third-order valence-electron chi connectivity index (χ3n) is 3.10. The number of sulfonamides is 1. The molecule has 0 bridgehead atoms. The van der Waals surface area contributed by atoms with Crippen LogP contribution in [0.1, 0.15) is 36.8 Å². The van der Waals surface area contributed by atoms with Gasteiger partial charge in [0.05, 0.1) is 18.0 Å². The predicted octanol–water partition coefficient (Wildman–Crippen LogP) is 0.565. The minimum Gasteiger partial charge on any atom is -0.311 e. The van der Waals surface area contributed by atoms with Crippen LogP contribution in [0.25, 0.3) is 0 Å². The Morgan fingerprint density at radius 2 is 2.17 bits per heavy atom. The fraction of sp³-hybridized carbons (Fsp3) is 0.636. The van der Waals surface area contributed by atoms with Gasteiger partial charge in [0.25, 0.3) is 5.56 Å². The van der Waals surface area contributed by atoms with Gasteiger partial charge in [-0.2, -0.15) is 4.31 Å². The van der Waals surface area contributed by atoms with Crippen molar-refractivity contribution >= 4 is 10.0 Å². The van der Waals surface area contributed by atoms with Gasteiger partial charge >= 0.3 is 0 Å². The van der Waals surface area contributed by atoms with Gasteiger partial charge in [0.15, 0.2) is 0 Å². The summed E-state index contributed by atoms with van der Waals surface area (Å²) in [6.07, 6.45) is 3.71. The summed E-state index contributed by atoms with van der Waals surface area (Å²) in [5.41, 5.74) is 0.304. The number of aromatic amines is 1. The maximum Gasteiger partial charge on any atom is 0.251 e. The van der Waals surface area contributed by atoms with Crippen LogP contribution in [0.4, 0.5) is 0 Å². The van der Waals surface area contributed by atoms with E-state index < -0.39 is 10.0 Å². The first-order valence-electron chi connectivity index (χ1n) is 5.92. The monoisotopic (exact) mass is 271 g/mol. The van der Waals surface area contributed by atoms with Crippen LogP contribution in [0, 0.1) is 6.92 Å². The molecular weight excluding hydrogens is 254 g/mol. The van der Waals surface area contributed by atoms with Crippen LogP contribution in [0.5, 0.6) is 0 Å². The Morgan fingerprint density at radius 3 is 2.78 bits per heavy atom. The smallest absolute Gasteiger partial charge is 0.251 e. The summed E-state index contributed by atoms with van der Waals surface area (Å²) in [7, 11) is -3.27. The number of aromatic nitrogens is 2. The first-order valence-corrected chi connectivity index (χ1v) is 7.77. The molecule has 1 aliphatic rings. The largest absolute Gasteiger partial charge is 0.311 e. The number of H-pyrrole nitrogens is 1.